The minimum absolute atomic E-state index is 0.223. The van der Waals surface area contributed by atoms with Gasteiger partial charge < -0.3 is 9.88 Å². The Labute approximate surface area is 161 Å². The standard InChI is InChI=1S/C19H20FN5OS/c1-4-25-17(14-7-9-21-10-8-14)23-24-19(25)27-13(3)18(26)22-15-6-5-12(2)16(20)11-15/h5-11,13H,4H2,1-3H3,(H,22,26). The van der Waals surface area contributed by atoms with Crippen molar-refractivity contribution in [2.45, 2.75) is 37.7 Å². The maximum absolute atomic E-state index is 13.7. The predicted molar refractivity (Wildman–Crippen MR) is 104 cm³/mol. The van der Waals surface area contributed by atoms with Crippen LogP contribution in [0.2, 0.25) is 0 Å². The Morgan fingerprint density at radius 2 is 2.00 bits per heavy atom. The highest BCUT2D eigenvalue weighted by molar-refractivity contribution is 8.00. The van der Waals surface area contributed by atoms with E-state index in [9.17, 15) is 9.18 Å². The Morgan fingerprint density at radius 1 is 1.26 bits per heavy atom. The number of nitrogens with zero attached hydrogens (tertiary/aromatic N) is 4. The van der Waals surface area contributed by atoms with Crippen LogP contribution >= 0.6 is 11.8 Å². The third-order valence-corrected chi connectivity index (χ3v) is 5.14. The average Bonchev–Trinajstić information content (AvgIpc) is 3.08. The second kappa shape index (κ2) is 8.30. The molecule has 6 nitrogen and oxygen atoms in total. The molecule has 2 aromatic heterocycles. The van der Waals surface area contributed by atoms with Crippen LogP contribution in [-0.2, 0) is 11.3 Å². The molecule has 0 fully saturated rings. The third-order valence-electron chi connectivity index (χ3n) is 4.06. The zero-order valence-corrected chi connectivity index (χ0v) is 16.1. The topological polar surface area (TPSA) is 72.7 Å². The molecular weight excluding hydrogens is 365 g/mol. The summed E-state index contributed by atoms with van der Waals surface area (Å²) in [5, 5.41) is 11.5. The van der Waals surface area contributed by atoms with E-state index in [1.807, 2.05) is 23.6 Å². The molecule has 0 saturated carbocycles. The van der Waals surface area contributed by atoms with Crippen LogP contribution < -0.4 is 5.32 Å². The van der Waals surface area contributed by atoms with Crippen molar-refractivity contribution in [2.75, 3.05) is 5.32 Å². The summed E-state index contributed by atoms with van der Waals surface area (Å²) in [5.74, 6) is 0.163. The van der Waals surface area contributed by atoms with Crippen LogP contribution in [0.5, 0.6) is 0 Å². The van der Waals surface area contributed by atoms with Crippen LogP contribution in [0, 0.1) is 12.7 Å². The van der Waals surface area contributed by atoms with E-state index < -0.39 is 5.25 Å². The van der Waals surface area contributed by atoms with Crippen molar-refractivity contribution in [3.63, 3.8) is 0 Å². The van der Waals surface area contributed by atoms with E-state index in [0.717, 1.165) is 11.4 Å². The summed E-state index contributed by atoms with van der Waals surface area (Å²) in [6, 6.07) is 8.38. The van der Waals surface area contributed by atoms with E-state index in [4.69, 9.17) is 0 Å². The third kappa shape index (κ3) is 4.33. The van der Waals surface area contributed by atoms with E-state index in [-0.39, 0.29) is 11.7 Å². The van der Waals surface area contributed by atoms with Crippen LogP contribution in [0.15, 0.2) is 47.9 Å². The Morgan fingerprint density at radius 3 is 2.67 bits per heavy atom. The van der Waals surface area contributed by atoms with E-state index >= 15 is 0 Å². The second-order valence-corrected chi connectivity index (χ2v) is 7.31. The summed E-state index contributed by atoms with van der Waals surface area (Å²) in [6.45, 7) is 6.13. The van der Waals surface area contributed by atoms with Gasteiger partial charge in [-0.3, -0.25) is 9.78 Å². The van der Waals surface area contributed by atoms with Crippen LogP contribution in [0.25, 0.3) is 11.4 Å². The molecule has 1 aromatic carbocycles. The number of halogens is 1. The molecule has 8 heteroatoms. The maximum Gasteiger partial charge on any atom is 0.237 e. The van der Waals surface area contributed by atoms with E-state index in [2.05, 4.69) is 20.5 Å². The molecule has 0 saturated heterocycles. The summed E-state index contributed by atoms with van der Waals surface area (Å²) in [4.78, 5) is 16.5. The summed E-state index contributed by atoms with van der Waals surface area (Å²) in [6.07, 6.45) is 3.40. The van der Waals surface area contributed by atoms with Crippen molar-refractivity contribution < 1.29 is 9.18 Å². The van der Waals surface area contributed by atoms with Crippen LogP contribution in [0.1, 0.15) is 19.4 Å². The molecule has 1 unspecified atom stereocenters. The SMILES string of the molecule is CCn1c(SC(C)C(=O)Nc2ccc(C)c(F)c2)nnc1-c1ccncc1. The number of hydrogen-bond acceptors (Lipinski definition) is 5. The monoisotopic (exact) mass is 385 g/mol. The number of nitrogens with one attached hydrogen (secondary N) is 1. The van der Waals surface area contributed by atoms with E-state index in [0.29, 0.717) is 23.0 Å². The van der Waals surface area contributed by atoms with Gasteiger partial charge in [-0.15, -0.1) is 10.2 Å². The van der Waals surface area contributed by atoms with Gasteiger partial charge in [0.25, 0.3) is 0 Å². The highest BCUT2D eigenvalue weighted by Gasteiger charge is 2.20. The normalized spacial score (nSPS) is 12.0. The zero-order valence-electron chi connectivity index (χ0n) is 15.3. The number of amides is 1. The van der Waals surface area contributed by atoms with Crippen LogP contribution in [0.4, 0.5) is 10.1 Å². The van der Waals surface area contributed by atoms with Crippen molar-refractivity contribution in [3.8, 4) is 11.4 Å². The molecule has 1 N–H and O–H groups in total. The first kappa shape index (κ1) is 19.0. The highest BCUT2D eigenvalue weighted by Crippen LogP contribution is 2.27. The summed E-state index contributed by atoms with van der Waals surface area (Å²) in [7, 11) is 0. The molecule has 3 aromatic rings. The number of pyridine rings is 1. The molecule has 1 atom stereocenters. The van der Waals surface area contributed by atoms with Gasteiger partial charge >= 0.3 is 0 Å². The van der Waals surface area contributed by atoms with Gasteiger partial charge in [0.2, 0.25) is 5.91 Å². The van der Waals surface area contributed by atoms with Gasteiger partial charge in [0.1, 0.15) is 5.82 Å². The van der Waals surface area contributed by atoms with Gasteiger partial charge in [0.05, 0.1) is 5.25 Å². The lowest BCUT2D eigenvalue weighted by atomic mass is 10.2. The zero-order chi connectivity index (χ0) is 19.4. The van der Waals surface area contributed by atoms with Gasteiger partial charge in [-0.2, -0.15) is 0 Å². The highest BCUT2D eigenvalue weighted by atomic mass is 32.2. The number of rotatable bonds is 6. The summed E-state index contributed by atoms with van der Waals surface area (Å²) >= 11 is 1.31. The van der Waals surface area contributed by atoms with Crippen molar-refractivity contribution in [2.24, 2.45) is 0 Å². The lowest BCUT2D eigenvalue weighted by Crippen LogP contribution is -2.23. The molecule has 3 rings (SSSR count). The van der Waals surface area contributed by atoms with Crippen LogP contribution in [-0.4, -0.2) is 30.9 Å². The number of hydrogen-bond donors (Lipinski definition) is 1. The number of carbonyl (C=O) groups is 1. The summed E-state index contributed by atoms with van der Waals surface area (Å²) in [5.41, 5.74) is 1.89. The number of carbonyl (C=O) groups excluding carboxylic acids is 1. The van der Waals surface area contributed by atoms with Gasteiger partial charge in [0, 0.05) is 30.2 Å². The maximum atomic E-state index is 13.7. The Kier molecular flexibility index (Phi) is 5.85. The first-order chi connectivity index (χ1) is 13.0. The second-order valence-electron chi connectivity index (χ2n) is 6.00. The quantitative estimate of drug-likeness (QED) is 0.651. The molecule has 0 aliphatic heterocycles. The molecule has 0 aliphatic carbocycles. The van der Waals surface area contributed by atoms with Crippen molar-refractivity contribution in [3.05, 3.63) is 54.1 Å². The fourth-order valence-electron chi connectivity index (χ4n) is 2.50. The molecule has 0 spiro atoms. The van der Waals surface area contributed by atoms with Crippen molar-refractivity contribution in [1.29, 1.82) is 0 Å². The molecule has 140 valence electrons. The first-order valence-corrected chi connectivity index (χ1v) is 9.44. The largest absolute Gasteiger partial charge is 0.325 e. The number of thioether (sulfide) groups is 1. The fraction of sp³-hybridized carbons (Fsp3) is 0.263. The molecule has 0 radical (unpaired) electrons. The number of aromatic nitrogens is 4. The molecule has 0 bridgehead atoms. The molecule has 27 heavy (non-hydrogen) atoms. The number of aryl methyl sites for hydroxylation is 1. The molecular formula is C19H20FN5OS. The van der Waals surface area contributed by atoms with Gasteiger partial charge in [-0.1, -0.05) is 17.8 Å². The minimum atomic E-state index is -0.422. The average molecular weight is 385 g/mol. The lowest BCUT2D eigenvalue weighted by molar-refractivity contribution is -0.115. The van der Waals surface area contributed by atoms with Crippen molar-refractivity contribution >= 4 is 23.4 Å². The minimum Gasteiger partial charge on any atom is -0.325 e. The van der Waals surface area contributed by atoms with Crippen molar-refractivity contribution in [1.82, 2.24) is 19.7 Å². The fourth-order valence-corrected chi connectivity index (χ4v) is 3.41. The smallest absolute Gasteiger partial charge is 0.237 e. The Bertz CT molecular complexity index is 945. The number of anilines is 1. The van der Waals surface area contributed by atoms with Gasteiger partial charge in [-0.05, 0) is 50.6 Å². The first-order valence-electron chi connectivity index (χ1n) is 8.57. The lowest BCUT2D eigenvalue weighted by Gasteiger charge is -2.13. The molecule has 0 aliphatic rings. The van der Waals surface area contributed by atoms with E-state index in [1.165, 1.54) is 17.8 Å². The number of benzene rings is 1. The van der Waals surface area contributed by atoms with Gasteiger partial charge in [-0.25, -0.2) is 4.39 Å². The Hall–Kier alpha value is -2.74. The summed E-state index contributed by atoms with van der Waals surface area (Å²) < 4.78 is 15.6. The molecule has 2 heterocycles. The van der Waals surface area contributed by atoms with E-state index in [1.54, 1.807) is 38.4 Å². The van der Waals surface area contributed by atoms with Crippen LogP contribution in [0.3, 0.4) is 0 Å². The predicted octanol–water partition coefficient (Wildman–Crippen LogP) is 3.93. The molecule has 1 amide bonds. The van der Waals surface area contributed by atoms with Gasteiger partial charge in [0.15, 0.2) is 11.0 Å². The Balaban J connectivity index is 1.73.